The lowest BCUT2D eigenvalue weighted by Crippen LogP contribution is -2.02. The van der Waals surface area contributed by atoms with Crippen LogP contribution < -0.4 is 0 Å². The molecule has 0 aliphatic heterocycles. The SMILES string of the molecule is CCCCCCCCCCc1cc(O)ccc1C(=O)O. The summed E-state index contributed by atoms with van der Waals surface area (Å²) in [5.41, 5.74) is 1.05. The molecular formula is C17H26O3. The first-order chi connectivity index (χ1) is 9.65. The number of carboxylic acids is 1. The first-order valence-electron chi connectivity index (χ1n) is 7.70. The Balaban J connectivity index is 2.28. The normalized spacial score (nSPS) is 10.7. The zero-order valence-corrected chi connectivity index (χ0v) is 12.4. The van der Waals surface area contributed by atoms with Crippen molar-refractivity contribution in [3.05, 3.63) is 29.3 Å². The molecule has 0 aliphatic rings. The van der Waals surface area contributed by atoms with Gasteiger partial charge in [0.05, 0.1) is 5.56 Å². The third-order valence-corrected chi connectivity index (χ3v) is 3.62. The average molecular weight is 278 g/mol. The maximum absolute atomic E-state index is 11.1. The van der Waals surface area contributed by atoms with Crippen molar-refractivity contribution in [2.24, 2.45) is 0 Å². The molecule has 0 radical (unpaired) electrons. The highest BCUT2D eigenvalue weighted by Crippen LogP contribution is 2.19. The fourth-order valence-corrected chi connectivity index (χ4v) is 2.44. The maximum atomic E-state index is 11.1. The van der Waals surface area contributed by atoms with Crippen LogP contribution >= 0.6 is 0 Å². The summed E-state index contributed by atoms with van der Waals surface area (Å²) in [7, 11) is 0. The molecule has 0 spiro atoms. The van der Waals surface area contributed by atoms with Gasteiger partial charge < -0.3 is 10.2 Å². The Kier molecular flexibility index (Phi) is 7.78. The van der Waals surface area contributed by atoms with Crippen LogP contribution in [0.25, 0.3) is 0 Å². The molecule has 1 rings (SSSR count). The Morgan fingerprint density at radius 3 is 2.20 bits per heavy atom. The van der Waals surface area contributed by atoms with Crippen molar-refractivity contribution in [1.29, 1.82) is 0 Å². The predicted octanol–water partition coefficient (Wildman–Crippen LogP) is 4.77. The molecule has 0 atom stereocenters. The van der Waals surface area contributed by atoms with Crippen molar-refractivity contribution in [3.8, 4) is 5.75 Å². The van der Waals surface area contributed by atoms with Gasteiger partial charge in [-0.15, -0.1) is 0 Å². The molecule has 0 fully saturated rings. The zero-order chi connectivity index (χ0) is 14.8. The molecule has 0 bridgehead atoms. The molecule has 2 N–H and O–H groups in total. The number of hydrogen-bond acceptors (Lipinski definition) is 2. The van der Waals surface area contributed by atoms with E-state index in [0.29, 0.717) is 5.56 Å². The minimum atomic E-state index is -0.917. The van der Waals surface area contributed by atoms with Gasteiger partial charge in [0.25, 0.3) is 0 Å². The Hall–Kier alpha value is -1.51. The van der Waals surface area contributed by atoms with E-state index < -0.39 is 5.97 Å². The molecule has 1 aromatic rings. The number of benzene rings is 1. The van der Waals surface area contributed by atoms with Gasteiger partial charge in [0.15, 0.2) is 0 Å². The molecule has 0 heterocycles. The average Bonchev–Trinajstić information content (AvgIpc) is 2.41. The van der Waals surface area contributed by atoms with Crippen molar-refractivity contribution in [2.45, 2.75) is 64.7 Å². The minimum absolute atomic E-state index is 0.143. The van der Waals surface area contributed by atoms with Crippen LogP contribution in [0.4, 0.5) is 0 Å². The summed E-state index contributed by atoms with van der Waals surface area (Å²) in [5.74, 6) is -0.774. The third kappa shape index (κ3) is 6.09. The quantitative estimate of drug-likeness (QED) is 0.606. The number of carbonyl (C=O) groups is 1. The number of aromatic carboxylic acids is 1. The third-order valence-electron chi connectivity index (χ3n) is 3.62. The van der Waals surface area contributed by atoms with Gasteiger partial charge in [0, 0.05) is 0 Å². The number of hydrogen-bond donors (Lipinski definition) is 2. The molecule has 0 unspecified atom stereocenters. The van der Waals surface area contributed by atoms with Crippen molar-refractivity contribution in [1.82, 2.24) is 0 Å². The first-order valence-corrected chi connectivity index (χ1v) is 7.70. The van der Waals surface area contributed by atoms with E-state index in [1.807, 2.05) is 0 Å². The lowest BCUT2D eigenvalue weighted by molar-refractivity contribution is 0.0695. The molecular weight excluding hydrogens is 252 g/mol. The predicted molar refractivity (Wildman–Crippen MR) is 81.4 cm³/mol. The van der Waals surface area contributed by atoms with Gasteiger partial charge >= 0.3 is 5.97 Å². The van der Waals surface area contributed by atoms with E-state index in [0.717, 1.165) is 24.8 Å². The maximum Gasteiger partial charge on any atom is 0.335 e. The van der Waals surface area contributed by atoms with Crippen LogP contribution in [0.5, 0.6) is 5.75 Å². The molecule has 20 heavy (non-hydrogen) atoms. The van der Waals surface area contributed by atoms with Gasteiger partial charge in [-0.3, -0.25) is 0 Å². The summed E-state index contributed by atoms with van der Waals surface area (Å²) in [4.78, 5) is 11.1. The standard InChI is InChI=1S/C17H26O3/c1-2-3-4-5-6-7-8-9-10-14-13-15(18)11-12-16(14)17(19)20/h11-13,18H,2-10H2,1H3,(H,19,20). The molecule has 0 saturated heterocycles. The second kappa shape index (κ2) is 9.40. The molecule has 0 aliphatic carbocycles. The van der Waals surface area contributed by atoms with E-state index in [9.17, 15) is 9.90 Å². The summed E-state index contributed by atoms with van der Waals surface area (Å²) in [6.07, 6.45) is 10.5. The number of unbranched alkanes of at least 4 members (excludes halogenated alkanes) is 7. The monoisotopic (exact) mass is 278 g/mol. The highest BCUT2D eigenvalue weighted by Gasteiger charge is 2.10. The van der Waals surface area contributed by atoms with Crippen molar-refractivity contribution in [2.75, 3.05) is 0 Å². The van der Waals surface area contributed by atoms with Crippen molar-refractivity contribution >= 4 is 5.97 Å². The highest BCUT2D eigenvalue weighted by molar-refractivity contribution is 5.89. The molecule has 0 saturated carbocycles. The minimum Gasteiger partial charge on any atom is -0.508 e. The number of phenolic OH excluding ortho intramolecular Hbond substituents is 1. The Labute approximate surface area is 121 Å². The van der Waals surface area contributed by atoms with Gasteiger partial charge in [0.1, 0.15) is 5.75 Å². The van der Waals surface area contributed by atoms with Gasteiger partial charge in [-0.25, -0.2) is 4.79 Å². The van der Waals surface area contributed by atoms with Gasteiger partial charge in [-0.05, 0) is 36.6 Å². The van der Waals surface area contributed by atoms with E-state index in [2.05, 4.69) is 6.92 Å². The Bertz CT molecular complexity index is 413. The van der Waals surface area contributed by atoms with Gasteiger partial charge in [-0.1, -0.05) is 51.9 Å². The lowest BCUT2D eigenvalue weighted by Gasteiger charge is -2.07. The summed E-state index contributed by atoms with van der Waals surface area (Å²) >= 11 is 0. The van der Waals surface area contributed by atoms with Crippen molar-refractivity contribution in [3.63, 3.8) is 0 Å². The second-order valence-electron chi connectivity index (χ2n) is 5.37. The van der Waals surface area contributed by atoms with Gasteiger partial charge in [0.2, 0.25) is 0 Å². The fourth-order valence-electron chi connectivity index (χ4n) is 2.44. The summed E-state index contributed by atoms with van der Waals surface area (Å²) in [5, 5.41) is 18.5. The van der Waals surface area contributed by atoms with Crippen LogP contribution in [-0.2, 0) is 6.42 Å². The topological polar surface area (TPSA) is 57.5 Å². The van der Waals surface area contributed by atoms with Crippen LogP contribution in [0.1, 0.15) is 74.2 Å². The van der Waals surface area contributed by atoms with E-state index in [1.165, 1.54) is 50.7 Å². The number of aryl methyl sites for hydroxylation is 1. The van der Waals surface area contributed by atoms with Gasteiger partial charge in [-0.2, -0.15) is 0 Å². The molecule has 0 amide bonds. The Morgan fingerprint density at radius 1 is 1.00 bits per heavy atom. The lowest BCUT2D eigenvalue weighted by atomic mass is 10.00. The summed E-state index contributed by atoms with van der Waals surface area (Å²) < 4.78 is 0. The fraction of sp³-hybridized carbons (Fsp3) is 0.588. The van der Waals surface area contributed by atoms with Crippen LogP contribution in [0.3, 0.4) is 0 Å². The molecule has 3 heteroatoms. The Morgan fingerprint density at radius 2 is 1.60 bits per heavy atom. The number of rotatable bonds is 10. The van der Waals surface area contributed by atoms with Crippen LogP contribution in [0.2, 0.25) is 0 Å². The van der Waals surface area contributed by atoms with Crippen LogP contribution in [0, 0.1) is 0 Å². The molecule has 112 valence electrons. The summed E-state index contributed by atoms with van der Waals surface area (Å²) in [6, 6.07) is 4.49. The smallest absolute Gasteiger partial charge is 0.335 e. The second-order valence-corrected chi connectivity index (χ2v) is 5.37. The number of aromatic hydroxyl groups is 1. The molecule has 1 aromatic carbocycles. The molecule has 3 nitrogen and oxygen atoms in total. The largest absolute Gasteiger partial charge is 0.508 e. The van der Waals surface area contributed by atoms with Crippen LogP contribution in [-0.4, -0.2) is 16.2 Å². The number of phenols is 1. The zero-order valence-electron chi connectivity index (χ0n) is 12.4. The highest BCUT2D eigenvalue weighted by atomic mass is 16.4. The molecule has 0 aromatic heterocycles. The van der Waals surface area contributed by atoms with E-state index in [1.54, 1.807) is 6.07 Å². The first kappa shape index (κ1) is 16.5. The van der Waals surface area contributed by atoms with Crippen LogP contribution in [0.15, 0.2) is 18.2 Å². The van der Waals surface area contributed by atoms with E-state index in [-0.39, 0.29) is 5.75 Å². The van der Waals surface area contributed by atoms with E-state index in [4.69, 9.17) is 5.11 Å². The van der Waals surface area contributed by atoms with E-state index >= 15 is 0 Å². The van der Waals surface area contributed by atoms with Crippen molar-refractivity contribution < 1.29 is 15.0 Å². The number of carboxylic acid groups (broad SMARTS) is 1. The summed E-state index contributed by atoms with van der Waals surface area (Å²) in [6.45, 7) is 2.22.